The number of hydrogen-bond acceptors (Lipinski definition) is 4. The van der Waals surface area contributed by atoms with E-state index in [1.165, 1.54) is 18.2 Å². The average molecular weight is 463 g/mol. The lowest BCUT2D eigenvalue weighted by Crippen LogP contribution is -2.43. The highest BCUT2D eigenvalue weighted by Gasteiger charge is 2.33. The van der Waals surface area contributed by atoms with Crippen molar-refractivity contribution in [2.75, 3.05) is 6.54 Å². The van der Waals surface area contributed by atoms with Gasteiger partial charge in [0, 0.05) is 37.1 Å². The molecular weight excluding hydrogens is 437 g/mol. The summed E-state index contributed by atoms with van der Waals surface area (Å²) in [4.78, 5) is 13.5. The zero-order valence-corrected chi connectivity index (χ0v) is 18.7. The molecule has 1 amide bonds. The number of nitrogens with two attached hydrogens (primary N) is 1. The van der Waals surface area contributed by atoms with Crippen molar-refractivity contribution < 1.29 is 18.0 Å². The monoisotopic (exact) mass is 462 g/mol. The molecule has 1 aromatic carbocycles. The molecule has 1 aromatic heterocycles. The van der Waals surface area contributed by atoms with E-state index >= 15 is 0 Å². The normalized spacial score (nSPS) is 15.6. The van der Waals surface area contributed by atoms with Gasteiger partial charge in [0.05, 0.1) is 16.8 Å². The summed E-state index contributed by atoms with van der Waals surface area (Å²) in [5, 5.41) is 6.97. The van der Waals surface area contributed by atoms with E-state index in [9.17, 15) is 18.0 Å². The Balaban J connectivity index is 1.83. The summed E-state index contributed by atoms with van der Waals surface area (Å²) in [6, 6.07) is 6.54. The first-order valence-corrected chi connectivity index (χ1v) is 10.7. The summed E-state index contributed by atoms with van der Waals surface area (Å²) >= 11 is 5.51. The molecule has 1 heterocycles. The fourth-order valence-electron chi connectivity index (χ4n) is 3.84. The van der Waals surface area contributed by atoms with E-state index in [1.807, 2.05) is 20.0 Å². The second-order valence-electron chi connectivity index (χ2n) is 7.62. The molecule has 0 fully saturated rings. The van der Waals surface area contributed by atoms with Gasteiger partial charge in [-0.25, -0.2) is 0 Å². The van der Waals surface area contributed by atoms with Gasteiger partial charge >= 0.3 is 6.18 Å². The highest BCUT2D eigenvalue weighted by Crippen LogP contribution is 2.33. The molecule has 0 spiro atoms. The minimum atomic E-state index is -4.48. The van der Waals surface area contributed by atoms with Gasteiger partial charge in [-0.1, -0.05) is 37.3 Å². The largest absolute Gasteiger partial charge is 0.416 e. The molecule has 0 bridgehead atoms. The van der Waals surface area contributed by atoms with Crippen molar-refractivity contribution >= 4 is 28.6 Å². The lowest BCUT2D eigenvalue weighted by Gasteiger charge is -2.24. The predicted molar refractivity (Wildman–Crippen MR) is 122 cm³/mol. The van der Waals surface area contributed by atoms with Crippen LogP contribution in [0, 0.1) is 0 Å². The lowest BCUT2D eigenvalue weighted by molar-refractivity contribution is -0.138. The molecule has 1 atom stereocenters. The van der Waals surface area contributed by atoms with Gasteiger partial charge in [-0.3, -0.25) is 9.48 Å². The third kappa shape index (κ3) is 5.16. The van der Waals surface area contributed by atoms with Gasteiger partial charge < -0.3 is 11.1 Å². The van der Waals surface area contributed by atoms with Crippen LogP contribution in [-0.4, -0.2) is 33.1 Å². The second kappa shape index (κ2) is 9.79. The van der Waals surface area contributed by atoms with Crippen LogP contribution in [0.15, 0.2) is 53.8 Å². The standard InChI is InChI=1S/C23H25F3N4OS/c1-3-14-11-18(21(32)12-17(14)20-8-9-28-30(20)2)22(31)29-16(13-27)10-15-6-4-5-7-19(15)23(24,25)26/h4-9,11,16H,3,10,12-13,27H2,1-2H3,(H,29,31)/t16-/m0/s1. The zero-order valence-electron chi connectivity index (χ0n) is 17.9. The summed E-state index contributed by atoms with van der Waals surface area (Å²) in [5.41, 5.74) is 8.42. The number of thiocarbonyl (C=S) groups is 1. The van der Waals surface area contributed by atoms with Gasteiger partial charge in [-0.05, 0) is 47.8 Å². The maximum Gasteiger partial charge on any atom is 0.416 e. The van der Waals surface area contributed by atoms with Crippen molar-refractivity contribution in [3.63, 3.8) is 0 Å². The van der Waals surface area contributed by atoms with E-state index < -0.39 is 23.7 Å². The highest BCUT2D eigenvalue weighted by atomic mass is 32.1. The number of aryl methyl sites for hydroxylation is 1. The van der Waals surface area contributed by atoms with Crippen LogP contribution in [0.1, 0.15) is 36.6 Å². The van der Waals surface area contributed by atoms with Crippen LogP contribution in [0.2, 0.25) is 0 Å². The Kier molecular flexibility index (Phi) is 7.30. The van der Waals surface area contributed by atoms with Crippen LogP contribution in [0.3, 0.4) is 0 Å². The molecule has 3 rings (SSSR count). The molecular formula is C23H25F3N4OS. The second-order valence-corrected chi connectivity index (χ2v) is 8.11. The van der Waals surface area contributed by atoms with Gasteiger partial charge in [0.2, 0.25) is 0 Å². The minimum Gasteiger partial charge on any atom is -0.348 e. The number of nitrogens with one attached hydrogen (secondary N) is 1. The molecule has 32 heavy (non-hydrogen) atoms. The summed E-state index contributed by atoms with van der Waals surface area (Å²) in [7, 11) is 1.84. The van der Waals surface area contributed by atoms with Crippen LogP contribution in [-0.2, 0) is 24.4 Å². The Morgan fingerprint density at radius 1 is 1.31 bits per heavy atom. The first-order valence-electron chi connectivity index (χ1n) is 10.3. The molecule has 0 radical (unpaired) electrons. The molecule has 3 N–H and O–H groups in total. The number of amides is 1. The van der Waals surface area contributed by atoms with E-state index in [1.54, 1.807) is 17.0 Å². The molecule has 1 aliphatic rings. The minimum absolute atomic E-state index is 0.00524. The molecule has 0 aliphatic heterocycles. The first-order chi connectivity index (χ1) is 15.2. The van der Waals surface area contributed by atoms with Gasteiger partial charge in [0.1, 0.15) is 0 Å². The Morgan fingerprint density at radius 2 is 2.03 bits per heavy atom. The van der Waals surface area contributed by atoms with Crippen LogP contribution < -0.4 is 11.1 Å². The summed E-state index contributed by atoms with van der Waals surface area (Å²) in [5.74, 6) is -0.426. The molecule has 2 aromatic rings. The molecule has 0 saturated carbocycles. The predicted octanol–water partition coefficient (Wildman–Crippen LogP) is 3.99. The quantitative estimate of drug-likeness (QED) is 0.611. The van der Waals surface area contributed by atoms with Crippen molar-refractivity contribution in [1.82, 2.24) is 15.1 Å². The van der Waals surface area contributed by atoms with E-state index in [-0.39, 0.29) is 18.5 Å². The molecule has 170 valence electrons. The Labute approximate surface area is 190 Å². The van der Waals surface area contributed by atoms with Gasteiger partial charge in [0.25, 0.3) is 5.91 Å². The van der Waals surface area contributed by atoms with Gasteiger partial charge in [-0.2, -0.15) is 18.3 Å². The number of aromatic nitrogens is 2. The van der Waals surface area contributed by atoms with Crippen LogP contribution in [0.4, 0.5) is 13.2 Å². The molecule has 9 heteroatoms. The first kappa shape index (κ1) is 23.9. The van der Waals surface area contributed by atoms with Crippen molar-refractivity contribution in [3.05, 3.63) is 70.6 Å². The van der Waals surface area contributed by atoms with Crippen molar-refractivity contribution in [1.29, 1.82) is 0 Å². The fourth-order valence-corrected chi connectivity index (χ4v) is 4.14. The van der Waals surface area contributed by atoms with Gasteiger partial charge in [0.15, 0.2) is 0 Å². The van der Waals surface area contributed by atoms with E-state index in [0.29, 0.717) is 23.3 Å². The number of halogens is 3. The van der Waals surface area contributed by atoms with Crippen LogP contribution in [0.25, 0.3) is 5.57 Å². The number of rotatable bonds is 7. The smallest absolute Gasteiger partial charge is 0.348 e. The topological polar surface area (TPSA) is 72.9 Å². The fraction of sp³-hybridized carbons (Fsp3) is 0.348. The maximum absolute atomic E-state index is 13.3. The van der Waals surface area contributed by atoms with Crippen molar-refractivity contribution in [2.45, 2.75) is 38.4 Å². The SMILES string of the molecule is CCC1=C(c2ccnn2C)CC(=S)C(C(=O)N[C@H](CN)Cc2ccccc2C(F)(F)F)=C1. The van der Waals surface area contributed by atoms with E-state index in [0.717, 1.165) is 22.9 Å². The van der Waals surface area contributed by atoms with Crippen LogP contribution in [0.5, 0.6) is 0 Å². The van der Waals surface area contributed by atoms with Crippen LogP contribution >= 0.6 is 12.2 Å². The lowest BCUT2D eigenvalue weighted by atomic mass is 9.88. The number of carbonyl (C=O) groups is 1. The maximum atomic E-state index is 13.3. The molecule has 0 saturated heterocycles. The number of allylic oxidation sites excluding steroid dienone is 3. The molecule has 5 nitrogen and oxygen atoms in total. The highest BCUT2D eigenvalue weighted by molar-refractivity contribution is 7.81. The number of hydrogen-bond donors (Lipinski definition) is 2. The average Bonchev–Trinajstić information content (AvgIpc) is 3.18. The van der Waals surface area contributed by atoms with E-state index in [4.69, 9.17) is 18.0 Å². The Hall–Kier alpha value is -2.78. The van der Waals surface area contributed by atoms with Crippen molar-refractivity contribution in [2.24, 2.45) is 12.8 Å². The Bertz CT molecular complexity index is 1080. The van der Waals surface area contributed by atoms with E-state index in [2.05, 4.69) is 10.4 Å². The Morgan fingerprint density at radius 3 is 2.62 bits per heavy atom. The number of benzene rings is 1. The number of nitrogens with zero attached hydrogens (tertiary/aromatic N) is 2. The summed E-state index contributed by atoms with van der Waals surface area (Å²) in [6.45, 7) is 1.98. The molecule has 0 unspecified atom stereocenters. The number of alkyl halides is 3. The third-order valence-corrected chi connectivity index (χ3v) is 5.87. The molecule has 1 aliphatic carbocycles. The summed E-state index contributed by atoms with van der Waals surface area (Å²) in [6.07, 6.45) is 0.0710. The summed E-state index contributed by atoms with van der Waals surface area (Å²) < 4.78 is 41.7. The van der Waals surface area contributed by atoms with Gasteiger partial charge in [-0.15, -0.1) is 0 Å². The van der Waals surface area contributed by atoms with Crippen molar-refractivity contribution in [3.8, 4) is 0 Å². The third-order valence-electron chi connectivity index (χ3n) is 5.51. The zero-order chi connectivity index (χ0) is 23.5. The number of carbonyl (C=O) groups excluding carboxylic acids is 1.